The quantitative estimate of drug-likeness (QED) is 0.721. The minimum Gasteiger partial charge on any atom is -0.373 e. The van der Waals surface area contributed by atoms with Gasteiger partial charge in [0.25, 0.3) is 0 Å². The zero-order valence-electron chi connectivity index (χ0n) is 17.0. The first kappa shape index (κ1) is 21.2. The Hall–Kier alpha value is -1.48. The Kier molecular flexibility index (Phi) is 6.44. The number of anilines is 1. The lowest BCUT2D eigenvalue weighted by atomic mass is 9.99. The van der Waals surface area contributed by atoms with Crippen LogP contribution in [0.1, 0.15) is 40.5 Å². The Morgan fingerprint density at radius 2 is 1.82 bits per heavy atom. The average molecular weight is 410 g/mol. The number of amides is 1. The second-order valence-electron chi connectivity index (χ2n) is 8.31. The first-order valence-corrected chi connectivity index (χ1v) is 11.5. The van der Waals surface area contributed by atoms with Crippen molar-refractivity contribution in [1.82, 2.24) is 9.62 Å². The fourth-order valence-corrected chi connectivity index (χ4v) is 5.13. The van der Waals surface area contributed by atoms with Crippen LogP contribution in [0.4, 0.5) is 5.69 Å². The molecule has 0 radical (unpaired) electrons. The number of carbonyl (C=O) groups is 1. The van der Waals surface area contributed by atoms with Crippen LogP contribution in [0.3, 0.4) is 0 Å². The van der Waals surface area contributed by atoms with E-state index in [2.05, 4.69) is 14.9 Å². The van der Waals surface area contributed by atoms with Crippen LogP contribution in [0.25, 0.3) is 0 Å². The molecule has 2 aliphatic rings. The van der Waals surface area contributed by atoms with E-state index in [1.807, 2.05) is 27.7 Å². The Morgan fingerprint density at radius 3 is 2.39 bits per heavy atom. The number of rotatable bonds is 7. The van der Waals surface area contributed by atoms with Crippen LogP contribution in [0, 0.1) is 5.92 Å². The lowest BCUT2D eigenvalue weighted by Gasteiger charge is -2.41. The summed E-state index contributed by atoms with van der Waals surface area (Å²) in [7, 11) is -3.56. The van der Waals surface area contributed by atoms with Gasteiger partial charge in [-0.15, -0.1) is 0 Å². The molecule has 1 saturated carbocycles. The van der Waals surface area contributed by atoms with E-state index in [9.17, 15) is 13.2 Å². The molecular formula is C20H31N3O4S. The van der Waals surface area contributed by atoms with Gasteiger partial charge >= 0.3 is 0 Å². The summed E-state index contributed by atoms with van der Waals surface area (Å²) >= 11 is 0. The highest BCUT2D eigenvalue weighted by molar-refractivity contribution is 7.89. The molecule has 1 aromatic rings. The molecule has 3 unspecified atom stereocenters. The van der Waals surface area contributed by atoms with Gasteiger partial charge in [0, 0.05) is 24.8 Å². The van der Waals surface area contributed by atoms with E-state index in [-0.39, 0.29) is 41.0 Å². The summed E-state index contributed by atoms with van der Waals surface area (Å²) in [5.74, 6) is -0.0121. The zero-order valence-corrected chi connectivity index (χ0v) is 17.8. The highest BCUT2D eigenvalue weighted by Gasteiger charge is 2.34. The molecule has 2 N–H and O–H groups in total. The topological polar surface area (TPSA) is 87.7 Å². The van der Waals surface area contributed by atoms with Crippen molar-refractivity contribution in [3.05, 3.63) is 24.3 Å². The molecule has 1 saturated heterocycles. The molecule has 1 aliphatic carbocycles. The molecule has 0 spiro atoms. The fourth-order valence-electron chi connectivity index (χ4n) is 3.78. The molecule has 1 aliphatic heterocycles. The molecule has 3 atom stereocenters. The molecule has 28 heavy (non-hydrogen) atoms. The second-order valence-corrected chi connectivity index (χ2v) is 10.0. The maximum atomic E-state index is 13.1. The van der Waals surface area contributed by atoms with E-state index in [0.717, 1.165) is 12.8 Å². The van der Waals surface area contributed by atoms with Gasteiger partial charge in [0.1, 0.15) is 0 Å². The van der Waals surface area contributed by atoms with Crippen molar-refractivity contribution in [2.45, 2.75) is 69.7 Å². The Morgan fingerprint density at radius 1 is 1.18 bits per heavy atom. The third kappa shape index (κ3) is 5.31. The van der Waals surface area contributed by atoms with Crippen LogP contribution in [0.15, 0.2) is 29.2 Å². The smallest absolute Gasteiger partial charge is 0.241 e. The van der Waals surface area contributed by atoms with Crippen LogP contribution in [-0.4, -0.2) is 56.6 Å². The Balaban J connectivity index is 1.74. The van der Waals surface area contributed by atoms with Crippen molar-refractivity contribution in [2.24, 2.45) is 5.92 Å². The summed E-state index contributed by atoms with van der Waals surface area (Å²) < 4.78 is 33.3. The molecule has 0 bridgehead atoms. The number of morpholine rings is 1. The van der Waals surface area contributed by atoms with E-state index < -0.39 is 10.0 Å². The lowest BCUT2D eigenvalue weighted by Crippen LogP contribution is -2.55. The van der Waals surface area contributed by atoms with Crippen molar-refractivity contribution in [1.29, 1.82) is 0 Å². The van der Waals surface area contributed by atoms with Crippen molar-refractivity contribution in [2.75, 3.05) is 18.4 Å². The average Bonchev–Trinajstić information content (AvgIpc) is 3.37. The van der Waals surface area contributed by atoms with Crippen molar-refractivity contribution in [3.8, 4) is 0 Å². The van der Waals surface area contributed by atoms with Gasteiger partial charge in [0.05, 0.1) is 23.1 Å². The van der Waals surface area contributed by atoms with E-state index in [1.165, 1.54) is 6.07 Å². The number of hydrogen-bond donors (Lipinski definition) is 2. The van der Waals surface area contributed by atoms with Crippen LogP contribution in [-0.2, 0) is 19.6 Å². The summed E-state index contributed by atoms with van der Waals surface area (Å²) in [5.41, 5.74) is 0.490. The number of nitrogens with zero attached hydrogens (tertiary/aromatic N) is 1. The first-order chi connectivity index (χ1) is 13.2. The number of ether oxygens (including phenoxy) is 1. The van der Waals surface area contributed by atoms with Crippen LogP contribution in [0.5, 0.6) is 0 Å². The van der Waals surface area contributed by atoms with Gasteiger partial charge in [0.2, 0.25) is 15.9 Å². The van der Waals surface area contributed by atoms with E-state index >= 15 is 0 Å². The lowest BCUT2D eigenvalue weighted by molar-refractivity contribution is -0.130. The summed E-state index contributed by atoms with van der Waals surface area (Å²) in [6.45, 7) is 9.46. The van der Waals surface area contributed by atoms with Crippen molar-refractivity contribution < 1.29 is 17.9 Å². The normalized spacial score (nSPS) is 24.9. The minimum atomic E-state index is -3.56. The fraction of sp³-hybridized carbons (Fsp3) is 0.650. The summed E-state index contributed by atoms with van der Waals surface area (Å²) in [6.07, 6.45) is 1.89. The number of carbonyl (C=O) groups excluding carboxylic acids is 1. The largest absolute Gasteiger partial charge is 0.373 e. The van der Waals surface area contributed by atoms with Gasteiger partial charge in [-0.1, -0.05) is 19.9 Å². The van der Waals surface area contributed by atoms with Crippen LogP contribution in [0.2, 0.25) is 0 Å². The molecule has 1 aromatic carbocycles. The Bertz CT molecular complexity index is 797. The first-order valence-electron chi connectivity index (χ1n) is 9.98. The zero-order chi connectivity index (χ0) is 20.5. The van der Waals surface area contributed by atoms with Crippen LogP contribution < -0.4 is 10.0 Å². The molecule has 7 nitrogen and oxygen atoms in total. The maximum absolute atomic E-state index is 13.1. The maximum Gasteiger partial charge on any atom is 0.241 e. The summed E-state index contributed by atoms with van der Waals surface area (Å²) in [6, 6.07) is 6.17. The van der Waals surface area contributed by atoms with Gasteiger partial charge in [-0.3, -0.25) is 9.69 Å². The molecule has 156 valence electrons. The molecule has 8 heteroatoms. The third-order valence-corrected chi connectivity index (χ3v) is 6.57. The van der Waals surface area contributed by atoms with Gasteiger partial charge in [-0.05, 0) is 50.8 Å². The minimum absolute atomic E-state index is 0.0406. The van der Waals surface area contributed by atoms with Crippen LogP contribution >= 0.6 is 0 Å². The van der Waals surface area contributed by atoms with Gasteiger partial charge in [-0.2, -0.15) is 0 Å². The Labute approximate surface area is 167 Å². The predicted molar refractivity (Wildman–Crippen MR) is 109 cm³/mol. The van der Waals surface area contributed by atoms with E-state index in [4.69, 9.17) is 4.74 Å². The molecule has 1 heterocycles. The third-order valence-electron chi connectivity index (χ3n) is 5.05. The molecular weight excluding hydrogens is 378 g/mol. The molecule has 2 fully saturated rings. The second kappa shape index (κ2) is 8.49. The molecule has 0 aromatic heterocycles. The summed E-state index contributed by atoms with van der Waals surface area (Å²) in [4.78, 5) is 15.4. The highest BCUT2D eigenvalue weighted by atomic mass is 32.2. The summed E-state index contributed by atoms with van der Waals surface area (Å²) in [5, 5.41) is 2.92. The monoisotopic (exact) mass is 409 g/mol. The van der Waals surface area contributed by atoms with Gasteiger partial charge < -0.3 is 10.1 Å². The number of nitrogens with one attached hydrogen (secondary N) is 2. The predicted octanol–water partition coefficient (Wildman–Crippen LogP) is 2.20. The van der Waals surface area contributed by atoms with E-state index in [0.29, 0.717) is 18.8 Å². The van der Waals surface area contributed by atoms with E-state index in [1.54, 1.807) is 18.2 Å². The van der Waals surface area contributed by atoms with Crippen molar-refractivity contribution >= 4 is 21.6 Å². The standard InChI is InChI=1S/C20H31N3O4S/c1-13(2)19(23-11-14(3)27-15(4)12-23)20(24)21-17-6-5-7-18(10-17)28(25,26)22-16-8-9-16/h5-7,10,13-16,19,22H,8-9,11-12H2,1-4H3,(H,21,24). The van der Waals surface area contributed by atoms with Crippen molar-refractivity contribution in [3.63, 3.8) is 0 Å². The number of benzene rings is 1. The number of hydrogen-bond acceptors (Lipinski definition) is 5. The van der Waals surface area contributed by atoms with Gasteiger partial charge in [-0.25, -0.2) is 13.1 Å². The molecule has 1 amide bonds. The van der Waals surface area contributed by atoms with Gasteiger partial charge in [0.15, 0.2) is 0 Å². The SMILES string of the molecule is CC1CN(C(C(=O)Nc2cccc(S(=O)(=O)NC3CC3)c2)C(C)C)CC(C)O1. The highest BCUT2D eigenvalue weighted by Crippen LogP contribution is 2.24. The molecule has 3 rings (SSSR count). The number of sulfonamides is 1.